The molecule has 2 N–H and O–H groups in total. The third-order valence-corrected chi connectivity index (χ3v) is 5.40. The van der Waals surface area contributed by atoms with Gasteiger partial charge in [-0.05, 0) is 25.1 Å². The van der Waals surface area contributed by atoms with Crippen molar-refractivity contribution in [2.24, 2.45) is 5.10 Å². The Hall–Kier alpha value is -5.19. The molecule has 4 aromatic rings. The number of para-hydroxylation sites is 2. The van der Waals surface area contributed by atoms with Crippen LogP contribution in [0.4, 0.5) is 5.69 Å². The fourth-order valence-corrected chi connectivity index (χ4v) is 3.49. The first-order chi connectivity index (χ1) is 17.8. The topological polar surface area (TPSA) is 142 Å². The van der Waals surface area contributed by atoms with Gasteiger partial charge in [0.1, 0.15) is 11.2 Å². The third-order valence-electron chi connectivity index (χ3n) is 5.40. The van der Waals surface area contributed by atoms with Gasteiger partial charge in [0.2, 0.25) is 6.54 Å². The average molecular weight is 500 g/mol. The van der Waals surface area contributed by atoms with E-state index in [1.807, 2.05) is 6.92 Å². The second-order valence-electron chi connectivity index (χ2n) is 8.18. The highest BCUT2D eigenvalue weighted by Crippen LogP contribution is 2.13. The number of carbonyl (C=O) groups is 3. The number of aryl methyl sites for hydroxylation is 1. The van der Waals surface area contributed by atoms with E-state index in [1.54, 1.807) is 71.6 Å². The molecular weight excluding hydrogens is 476 g/mol. The molecule has 2 aromatic heterocycles. The van der Waals surface area contributed by atoms with Crippen molar-refractivity contribution in [3.05, 3.63) is 107 Å². The Morgan fingerprint density at radius 2 is 1.68 bits per heavy atom. The molecule has 0 saturated carbocycles. The molecule has 11 nitrogen and oxygen atoms in total. The van der Waals surface area contributed by atoms with E-state index in [4.69, 9.17) is 0 Å². The molecule has 0 bridgehead atoms. The Balaban J connectivity index is 1.60. The molecule has 0 fully saturated rings. The molecular formula is C26H23N6O5+. The van der Waals surface area contributed by atoms with Gasteiger partial charge in [-0.2, -0.15) is 9.67 Å². The summed E-state index contributed by atoms with van der Waals surface area (Å²) in [5, 5.41) is 19.3. The lowest BCUT2D eigenvalue weighted by Crippen LogP contribution is -2.41. The number of hydrogen-bond acceptors (Lipinski definition) is 6. The summed E-state index contributed by atoms with van der Waals surface area (Å²) in [6, 6.07) is 18.2. The molecule has 2 aromatic carbocycles. The zero-order valence-electron chi connectivity index (χ0n) is 19.8. The lowest BCUT2D eigenvalue weighted by molar-refractivity contribution is -0.684. The molecule has 2 heterocycles. The van der Waals surface area contributed by atoms with Crippen molar-refractivity contribution in [2.75, 3.05) is 5.32 Å². The number of hydrazone groups is 1. The molecule has 11 heteroatoms. The quantitative estimate of drug-likeness (QED) is 0.165. The van der Waals surface area contributed by atoms with Gasteiger partial charge in [0.05, 0.1) is 10.8 Å². The Bertz CT molecular complexity index is 1560. The van der Waals surface area contributed by atoms with E-state index in [9.17, 15) is 24.5 Å². The SMILES string of the molecule is Cc1ccc(NC(=O)/C(CC(=O)c2c[n+](=O)c3ccccc3n2[O-])=N\NC(=O)C[n+]2ccccc2)cc1. The van der Waals surface area contributed by atoms with Crippen molar-refractivity contribution in [1.82, 2.24) is 10.2 Å². The number of nitrogens with zero attached hydrogens (tertiary/aromatic N) is 4. The lowest BCUT2D eigenvalue weighted by Gasteiger charge is -2.16. The predicted molar refractivity (Wildman–Crippen MR) is 135 cm³/mol. The number of hydrogen-bond donors (Lipinski definition) is 2. The summed E-state index contributed by atoms with van der Waals surface area (Å²) in [6.07, 6.45) is 3.58. The molecule has 4 rings (SSSR count). The highest BCUT2D eigenvalue weighted by atomic mass is 16.5. The first-order valence-electron chi connectivity index (χ1n) is 11.3. The van der Waals surface area contributed by atoms with Crippen molar-refractivity contribution < 1.29 is 23.4 Å². The zero-order chi connectivity index (χ0) is 26.4. The van der Waals surface area contributed by atoms with Gasteiger partial charge in [-0.25, -0.2) is 5.43 Å². The number of aromatic nitrogens is 3. The summed E-state index contributed by atoms with van der Waals surface area (Å²) in [5.74, 6) is -2.11. The molecule has 0 atom stereocenters. The van der Waals surface area contributed by atoms with Gasteiger partial charge >= 0.3 is 5.91 Å². The summed E-state index contributed by atoms with van der Waals surface area (Å²) in [6.45, 7) is 1.81. The van der Waals surface area contributed by atoms with Gasteiger partial charge in [-0.1, -0.05) is 35.9 Å². The number of anilines is 1. The van der Waals surface area contributed by atoms with E-state index >= 15 is 0 Å². The first kappa shape index (κ1) is 24.9. The second-order valence-corrected chi connectivity index (χ2v) is 8.18. The van der Waals surface area contributed by atoms with Gasteiger partial charge in [0.15, 0.2) is 23.9 Å². The van der Waals surface area contributed by atoms with E-state index in [0.717, 1.165) is 11.8 Å². The number of carbonyl (C=O) groups excluding carboxylic acids is 3. The van der Waals surface area contributed by atoms with Crippen molar-refractivity contribution in [3.8, 4) is 0 Å². The zero-order valence-corrected chi connectivity index (χ0v) is 19.8. The van der Waals surface area contributed by atoms with Crippen molar-refractivity contribution in [2.45, 2.75) is 19.9 Å². The van der Waals surface area contributed by atoms with Crippen molar-refractivity contribution in [3.63, 3.8) is 0 Å². The van der Waals surface area contributed by atoms with Gasteiger partial charge < -0.3 is 15.3 Å². The van der Waals surface area contributed by atoms with Crippen LogP contribution in [-0.4, -0.2) is 28.0 Å². The molecule has 186 valence electrons. The van der Waals surface area contributed by atoms with Crippen molar-refractivity contribution in [1.29, 1.82) is 0 Å². The third kappa shape index (κ3) is 6.09. The monoisotopic (exact) mass is 499 g/mol. The maximum Gasteiger partial charge on any atom is 0.305 e. The lowest BCUT2D eigenvalue weighted by atomic mass is 10.1. The number of Topliss-reactive ketones (excluding diaryl/α,β-unsaturated/α-hetero) is 1. The Morgan fingerprint density at radius 3 is 2.41 bits per heavy atom. The van der Waals surface area contributed by atoms with E-state index in [1.165, 1.54) is 12.1 Å². The van der Waals surface area contributed by atoms with Crippen molar-refractivity contribution >= 4 is 40.0 Å². The summed E-state index contributed by atoms with van der Waals surface area (Å²) < 4.78 is 2.36. The number of ketones is 1. The van der Waals surface area contributed by atoms with Crippen LogP contribution in [-0.2, 0) is 16.1 Å². The smallest absolute Gasteiger partial charge is 0.305 e. The molecule has 0 radical (unpaired) electrons. The second kappa shape index (κ2) is 11.0. The molecule has 37 heavy (non-hydrogen) atoms. The van der Waals surface area contributed by atoms with Crippen LogP contribution in [0.5, 0.6) is 0 Å². The van der Waals surface area contributed by atoms with Crippen LogP contribution in [0.1, 0.15) is 22.5 Å². The molecule has 0 aliphatic rings. The Labute approximate surface area is 210 Å². The van der Waals surface area contributed by atoms with Crippen LogP contribution >= 0.6 is 0 Å². The van der Waals surface area contributed by atoms with E-state index in [0.29, 0.717) is 14.8 Å². The van der Waals surface area contributed by atoms with Crippen LogP contribution < -0.4 is 19.7 Å². The molecule has 0 spiro atoms. The summed E-state index contributed by atoms with van der Waals surface area (Å²) in [5.41, 5.74) is 2.99. The standard InChI is InChI=1S/C26H22N6O5/c1-18-9-11-19(12-10-18)27-26(35)20(28-29-25(34)17-30-13-5-2-6-14-30)15-24(33)23-16-31(36)21-7-3-4-8-22(21)32(23)37/h2-14,16H,15,17H2,1H3,(H-,27,29,34,35)/p+1. The Morgan fingerprint density at radius 1 is 0.973 bits per heavy atom. The van der Waals surface area contributed by atoms with Gasteiger partial charge in [-0.3, -0.25) is 14.4 Å². The molecule has 0 saturated heterocycles. The summed E-state index contributed by atoms with van der Waals surface area (Å²) in [7, 11) is 0. The highest BCUT2D eigenvalue weighted by Gasteiger charge is 2.23. The first-order valence-corrected chi connectivity index (χ1v) is 11.3. The average Bonchev–Trinajstić information content (AvgIpc) is 2.90. The minimum atomic E-state index is -0.824. The number of benzene rings is 2. The maximum atomic E-state index is 13.1. The van der Waals surface area contributed by atoms with E-state index < -0.39 is 29.7 Å². The predicted octanol–water partition coefficient (Wildman–Crippen LogP) is 1.88. The summed E-state index contributed by atoms with van der Waals surface area (Å²) in [4.78, 5) is 50.8. The largest absolute Gasteiger partial charge is 0.805 e. The molecule has 0 aliphatic carbocycles. The summed E-state index contributed by atoms with van der Waals surface area (Å²) >= 11 is 0. The van der Waals surface area contributed by atoms with Gasteiger partial charge in [0.25, 0.3) is 17.6 Å². The van der Waals surface area contributed by atoms with Crippen LogP contribution in [0, 0.1) is 17.0 Å². The van der Waals surface area contributed by atoms with Crippen LogP contribution in [0.25, 0.3) is 11.0 Å². The Kier molecular flexibility index (Phi) is 7.43. The van der Waals surface area contributed by atoms with Gasteiger partial charge in [0, 0.05) is 28.8 Å². The molecule has 2 amide bonds. The highest BCUT2D eigenvalue weighted by molar-refractivity contribution is 6.46. The maximum absolute atomic E-state index is 13.1. The number of nitrogens with one attached hydrogen (secondary N) is 2. The number of pyridine rings is 1. The normalized spacial score (nSPS) is 11.2. The van der Waals surface area contributed by atoms with Crippen LogP contribution in [0.3, 0.4) is 0 Å². The fraction of sp³-hybridized carbons (Fsp3) is 0.115. The van der Waals surface area contributed by atoms with E-state index in [2.05, 4.69) is 15.8 Å². The minimum absolute atomic E-state index is 0.000802. The number of amides is 2. The van der Waals surface area contributed by atoms with Crippen LogP contribution in [0.15, 0.2) is 90.4 Å². The molecule has 0 aliphatic heterocycles. The number of fused-ring (bicyclic) bond motifs is 1. The van der Waals surface area contributed by atoms with E-state index in [-0.39, 0.29) is 23.3 Å². The van der Waals surface area contributed by atoms with Crippen LogP contribution in [0.2, 0.25) is 0 Å². The van der Waals surface area contributed by atoms with Gasteiger partial charge in [-0.15, -0.1) is 0 Å². The number of rotatable bonds is 8. The molecule has 0 unspecified atom stereocenters. The fourth-order valence-electron chi connectivity index (χ4n) is 3.49. The minimum Gasteiger partial charge on any atom is -0.805 e.